The van der Waals surface area contributed by atoms with Crippen LogP contribution in [0.15, 0.2) is 47.2 Å². The van der Waals surface area contributed by atoms with Crippen molar-refractivity contribution in [3.8, 4) is 0 Å². The number of thiophene rings is 2. The lowest BCUT2D eigenvalue weighted by molar-refractivity contribution is -0.141. The average molecular weight is 412 g/mol. The van der Waals surface area contributed by atoms with Gasteiger partial charge in [0.2, 0.25) is 0 Å². The minimum atomic E-state index is -0.511. The number of carbonyl (C=O) groups excluding carboxylic acids is 2. The molecule has 0 aliphatic heterocycles. The first-order valence-corrected chi connectivity index (χ1v) is 10.5. The monoisotopic (exact) mass is 411 g/mol. The van der Waals surface area contributed by atoms with E-state index >= 15 is 0 Å². The normalized spacial score (nSPS) is 11.3. The summed E-state index contributed by atoms with van der Waals surface area (Å²) in [5.41, 5.74) is 4.31. The molecule has 0 bridgehead atoms. The van der Waals surface area contributed by atoms with Crippen LogP contribution in [-0.2, 0) is 14.3 Å². The molecule has 1 amide bonds. The fourth-order valence-electron chi connectivity index (χ4n) is 2.94. The van der Waals surface area contributed by atoms with E-state index in [-0.39, 0.29) is 12.5 Å². The van der Waals surface area contributed by atoms with Crippen LogP contribution >= 0.6 is 22.7 Å². The minimum absolute atomic E-state index is 0.335. The molecule has 3 rings (SSSR count). The summed E-state index contributed by atoms with van der Waals surface area (Å²) < 4.78 is 5.31. The maximum Gasteiger partial charge on any atom is 0.340 e. The van der Waals surface area contributed by atoms with Crippen LogP contribution in [0.4, 0.5) is 5.69 Å². The maximum absolute atomic E-state index is 12.6. The first kappa shape index (κ1) is 20.0. The molecule has 0 unspecified atom stereocenters. The van der Waals surface area contributed by atoms with Gasteiger partial charge in [0.25, 0.3) is 5.91 Å². The van der Waals surface area contributed by atoms with Gasteiger partial charge < -0.3 is 10.1 Å². The van der Waals surface area contributed by atoms with Crippen LogP contribution in [0.1, 0.15) is 26.4 Å². The summed E-state index contributed by atoms with van der Waals surface area (Å²) in [5, 5.41) is 6.70. The Morgan fingerprint density at radius 3 is 2.32 bits per heavy atom. The number of ether oxygens (including phenoxy) is 1. The Labute approximate surface area is 172 Å². The van der Waals surface area contributed by atoms with Gasteiger partial charge in [-0.15, -0.1) is 22.7 Å². The Kier molecular flexibility index (Phi) is 6.44. The summed E-state index contributed by atoms with van der Waals surface area (Å²) in [6.45, 7) is 5.57. The Hall–Kier alpha value is -2.70. The molecule has 0 aliphatic rings. The molecular weight excluding hydrogens is 390 g/mol. The maximum atomic E-state index is 12.6. The van der Waals surface area contributed by atoms with E-state index in [1.165, 1.54) is 22.7 Å². The van der Waals surface area contributed by atoms with Crippen molar-refractivity contribution in [1.29, 1.82) is 0 Å². The SMILES string of the molecule is Cc1cc(C)c(NC(=O)COC(=O)C(=Cc2cccs2)c2cccs2)c(C)c1. The molecule has 2 aromatic heterocycles. The highest BCUT2D eigenvalue weighted by molar-refractivity contribution is 7.12. The molecule has 2 heterocycles. The summed E-state index contributed by atoms with van der Waals surface area (Å²) >= 11 is 3.00. The molecule has 6 heteroatoms. The summed E-state index contributed by atoms with van der Waals surface area (Å²) in [4.78, 5) is 26.7. The summed E-state index contributed by atoms with van der Waals surface area (Å²) in [5.74, 6) is -0.867. The Balaban J connectivity index is 1.69. The number of hydrogen-bond acceptors (Lipinski definition) is 5. The summed E-state index contributed by atoms with van der Waals surface area (Å²) in [6.07, 6.45) is 1.80. The van der Waals surface area contributed by atoms with Gasteiger partial charge in [-0.05, 0) is 60.9 Å². The van der Waals surface area contributed by atoms with Crippen LogP contribution in [0.5, 0.6) is 0 Å². The van der Waals surface area contributed by atoms with Crippen LogP contribution in [0.3, 0.4) is 0 Å². The molecule has 0 spiro atoms. The van der Waals surface area contributed by atoms with Gasteiger partial charge in [-0.25, -0.2) is 4.79 Å². The number of amides is 1. The van der Waals surface area contributed by atoms with Crippen molar-refractivity contribution in [1.82, 2.24) is 0 Å². The first-order valence-electron chi connectivity index (χ1n) is 8.78. The lowest BCUT2D eigenvalue weighted by Gasteiger charge is -2.13. The third-order valence-electron chi connectivity index (χ3n) is 4.11. The molecule has 144 valence electrons. The molecular formula is C22H21NO3S2. The van der Waals surface area contributed by atoms with Gasteiger partial charge >= 0.3 is 5.97 Å². The smallest absolute Gasteiger partial charge is 0.340 e. The van der Waals surface area contributed by atoms with Crippen molar-refractivity contribution in [2.45, 2.75) is 20.8 Å². The van der Waals surface area contributed by atoms with Gasteiger partial charge in [0, 0.05) is 15.4 Å². The average Bonchev–Trinajstić information content (AvgIpc) is 3.34. The van der Waals surface area contributed by atoms with E-state index in [0.29, 0.717) is 5.57 Å². The van der Waals surface area contributed by atoms with Crippen molar-refractivity contribution in [2.24, 2.45) is 0 Å². The first-order chi connectivity index (χ1) is 13.4. The molecule has 3 aromatic rings. The number of hydrogen-bond donors (Lipinski definition) is 1. The van der Waals surface area contributed by atoms with Crippen molar-refractivity contribution < 1.29 is 14.3 Å². The van der Waals surface area contributed by atoms with E-state index < -0.39 is 5.97 Å². The van der Waals surface area contributed by atoms with Gasteiger partial charge in [0.1, 0.15) is 0 Å². The minimum Gasteiger partial charge on any atom is -0.452 e. The van der Waals surface area contributed by atoms with Crippen LogP contribution in [0, 0.1) is 20.8 Å². The zero-order chi connectivity index (χ0) is 20.1. The Morgan fingerprint density at radius 2 is 1.71 bits per heavy atom. The molecule has 4 nitrogen and oxygen atoms in total. The number of benzene rings is 1. The third-order valence-corrected chi connectivity index (χ3v) is 5.83. The lowest BCUT2D eigenvalue weighted by atomic mass is 10.1. The van der Waals surface area contributed by atoms with E-state index in [1.807, 2.05) is 67.9 Å². The van der Waals surface area contributed by atoms with E-state index in [4.69, 9.17) is 4.74 Å². The largest absolute Gasteiger partial charge is 0.452 e. The fraction of sp³-hybridized carbons (Fsp3) is 0.182. The fourth-order valence-corrected chi connectivity index (χ4v) is 4.33. The van der Waals surface area contributed by atoms with Crippen LogP contribution in [0.2, 0.25) is 0 Å². The van der Waals surface area contributed by atoms with Crippen molar-refractivity contribution in [3.05, 3.63) is 73.6 Å². The standard InChI is InChI=1S/C22H21NO3S2/c1-14-10-15(2)21(16(3)11-14)23-20(24)13-26-22(25)18(19-7-5-9-28-19)12-17-6-4-8-27-17/h4-12H,13H2,1-3H3,(H,23,24). The third kappa shape index (κ3) is 4.97. The molecule has 28 heavy (non-hydrogen) atoms. The quantitative estimate of drug-likeness (QED) is 0.433. The number of nitrogens with one attached hydrogen (secondary N) is 1. The number of esters is 1. The lowest BCUT2D eigenvalue weighted by Crippen LogP contribution is -2.22. The molecule has 0 radical (unpaired) electrons. The highest BCUT2D eigenvalue weighted by Crippen LogP contribution is 2.26. The van der Waals surface area contributed by atoms with E-state index in [0.717, 1.165) is 32.1 Å². The highest BCUT2D eigenvalue weighted by atomic mass is 32.1. The zero-order valence-corrected chi connectivity index (χ0v) is 17.6. The molecule has 0 fully saturated rings. The molecule has 0 saturated carbocycles. The second kappa shape index (κ2) is 8.99. The van der Waals surface area contributed by atoms with Crippen molar-refractivity contribution >= 4 is 51.9 Å². The molecule has 1 aromatic carbocycles. The zero-order valence-electron chi connectivity index (χ0n) is 15.9. The van der Waals surface area contributed by atoms with E-state index in [9.17, 15) is 9.59 Å². The van der Waals surface area contributed by atoms with Gasteiger partial charge in [-0.2, -0.15) is 0 Å². The van der Waals surface area contributed by atoms with Gasteiger partial charge in [0.05, 0.1) is 5.57 Å². The van der Waals surface area contributed by atoms with Crippen LogP contribution < -0.4 is 5.32 Å². The van der Waals surface area contributed by atoms with E-state index in [2.05, 4.69) is 5.32 Å². The molecule has 0 saturated heterocycles. The van der Waals surface area contributed by atoms with Gasteiger partial charge in [0.15, 0.2) is 6.61 Å². The van der Waals surface area contributed by atoms with E-state index in [1.54, 1.807) is 6.08 Å². The number of aryl methyl sites for hydroxylation is 3. The van der Waals surface area contributed by atoms with Gasteiger partial charge in [-0.3, -0.25) is 4.79 Å². The second-order valence-corrected chi connectivity index (χ2v) is 8.38. The molecule has 0 aliphatic carbocycles. The topological polar surface area (TPSA) is 55.4 Å². The Morgan fingerprint density at radius 1 is 1.04 bits per heavy atom. The van der Waals surface area contributed by atoms with Crippen molar-refractivity contribution in [3.63, 3.8) is 0 Å². The number of anilines is 1. The second-order valence-electron chi connectivity index (χ2n) is 6.45. The highest BCUT2D eigenvalue weighted by Gasteiger charge is 2.17. The van der Waals surface area contributed by atoms with Gasteiger partial charge in [-0.1, -0.05) is 29.8 Å². The summed E-state index contributed by atoms with van der Waals surface area (Å²) in [7, 11) is 0. The summed E-state index contributed by atoms with van der Waals surface area (Å²) in [6, 6.07) is 11.6. The predicted molar refractivity (Wildman–Crippen MR) is 117 cm³/mol. The van der Waals surface area contributed by atoms with Crippen LogP contribution in [0.25, 0.3) is 11.6 Å². The van der Waals surface area contributed by atoms with Crippen molar-refractivity contribution in [2.75, 3.05) is 11.9 Å². The predicted octanol–water partition coefficient (Wildman–Crippen LogP) is 5.46. The number of carbonyl (C=O) groups is 2. The molecule has 0 atom stereocenters. The Bertz CT molecular complexity index is 980. The van der Waals surface area contributed by atoms with Crippen LogP contribution in [-0.4, -0.2) is 18.5 Å². The molecule has 1 N–H and O–H groups in total. The number of rotatable bonds is 6.